The van der Waals surface area contributed by atoms with E-state index in [-0.39, 0.29) is 24.1 Å². The van der Waals surface area contributed by atoms with Gasteiger partial charge >= 0.3 is 0 Å². The molecule has 1 atom stereocenters. The summed E-state index contributed by atoms with van der Waals surface area (Å²) in [6.45, 7) is 0.586. The standard InChI is InChI=1S/C13H18ClFN2O3/c1-17(6-10(18)8-20-2)7-13(19)16-12-4-3-9(15)5-11(12)14/h3-5,10,18H,6-8H2,1-2H3,(H,16,19). The van der Waals surface area contributed by atoms with E-state index < -0.39 is 11.9 Å². The van der Waals surface area contributed by atoms with Crippen LogP contribution in [0.15, 0.2) is 18.2 Å². The van der Waals surface area contributed by atoms with E-state index in [1.54, 1.807) is 11.9 Å². The molecule has 1 unspecified atom stereocenters. The minimum atomic E-state index is -0.660. The number of amides is 1. The molecule has 1 amide bonds. The first-order valence-electron chi connectivity index (χ1n) is 6.02. The van der Waals surface area contributed by atoms with E-state index in [1.165, 1.54) is 19.2 Å². The third kappa shape index (κ3) is 5.83. The van der Waals surface area contributed by atoms with Crippen LogP contribution in [0.1, 0.15) is 0 Å². The SMILES string of the molecule is COCC(O)CN(C)CC(=O)Nc1ccc(F)cc1Cl. The molecule has 0 aliphatic rings. The van der Waals surface area contributed by atoms with Crippen molar-refractivity contribution in [2.75, 3.05) is 39.2 Å². The van der Waals surface area contributed by atoms with Crippen LogP contribution in [0.25, 0.3) is 0 Å². The summed E-state index contributed by atoms with van der Waals surface area (Å²) in [5.41, 5.74) is 0.351. The van der Waals surface area contributed by atoms with Gasteiger partial charge in [0.25, 0.3) is 0 Å². The molecule has 1 aromatic carbocycles. The Bertz CT molecular complexity index is 459. The number of likely N-dealkylation sites (N-methyl/N-ethyl adjacent to an activating group) is 1. The van der Waals surface area contributed by atoms with Crippen LogP contribution in [-0.4, -0.2) is 55.9 Å². The van der Waals surface area contributed by atoms with Crippen molar-refractivity contribution in [1.29, 1.82) is 0 Å². The highest BCUT2D eigenvalue weighted by molar-refractivity contribution is 6.33. The van der Waals surface area contributed by atoms with Crippen LogP contribution in [0.5, 0.6) is 0 Å². The van der Waals surface area contributed by atoms with Crippen molar-refractivity contribution in [1.82, 2.24) is 4.90 Å². The number of halogens is 2. The van der Waals surface area contributed by atoms with Gasteiger partial charge in [-0.2, -0.15) is 0 Å². The lowest BCUT2D eigenvalue weighted by Gasteiger charge is -2.19. The van der Waals surface area contributed by atoms with Gasteiger partial charge in [0.15, 0.2) is 0 Å². The summed E-state index contributed by atoms with van der Waals surface area (Å²) >= 11 is 5.81. The molecule has 5 nitrogen and oxygen atoms in total. The lowest BCUT2D eigenvalue weighted by atomic mass is 10.3. The molecule has 0 saturated carbocycles. The number of nitrogens with one attached hydrogen (secondary N) is 1. The van der Waals surface area contributed by atoms with Crippen molar-refractivity contribution in [2.24, 2.45) is 0 Å². The van der Waals surface area contributed by atoms with E-state index >= 15 is 0 Å². The van der Waals surface area contributed by atoms with Crippen LogP contribution in [-0.2, 0) is 9.53 Å². The van der Waals surface area contributed by atoms with Crippen LogP contribution >= 0.6 is 11.6 Å². The number of ether oxygens (including phenoxy) is 1. The Morgan fingerprint density at radius 3 is 2.90 bits per heavy atom. The second kappa shape index (κ2) is 8.16. The number of carbonyl (C=O) groups excluding carboxylic acids is 1. The first-order valence-corrected chi connectivity index (χ1v) is 6.40. The maximum absolute atomic E-state index is 12.9. The summed E-state index contributed by atoms with van der Waals surface area (Å²) < 4.78 is 17.7. The molecule has 0 bridgehead atoms. The minimum absolute atomic E-state index is 0.0779. The topological polar surface area (TPSA) is 61.8 Å². The van der Waals surface area contributed by atoms with Gasteiger partial charge in [-0.3, -0.25) is 9.69 Å². The molecule has 0 aliphatic heterocycles. The van der Waals surface area contributed by atoms with Crippen LogP contribution in [0.2, 0.25) is 5.02 Å². The van der Waals surface area contributed by atoms with Crippen LogP contribution in [0.3, 0.4) is 0 Å². The summed E-state index contributed by atoms with van der Waals surface area (Å²) in [5, 5.41) is 12.3. The summed E-state index contributed by atoms with van der Waals surface area (Å²) in [5.74, 6) is -0.765. The maximum atomic E-state index is 12.9. The van der Waals surface area contributed by atoms with Crippen molar-refractivity contribution >= 4 is 23.2 Å². The number of carbonyl (C=O) groups is 1. The molecule has 1 rings (SSSR count). The molecule has 0 aliphatic carbocycles. The average Bonchev–Trinajstić information content (AvgIpc) is 2.32. The fraction of sp³-hybridized carbons (Fsp3) is 0.462. The molecule has 20 heavy (non-hydrogen) atoms. The number of hydrogen-bond acceptors (Lipinski definition) is 4. The minimum Gasteiger partial charge on any atom is -0.389 e. The Morgan fingerprint density at radius 1 is 1.60 bits per heavy atom. The van der Waals surface area contributed by atoms with Gasteiger partial charge in [0.05, 0.1) is 30.0 Å². The van der Waals surface area contributed by atoms with Crippen molar-refractivity contribution < 1.29 is 19.0 Å². The fourth-order valence-electron chi connectivity index (χ4n) is 1.70. The zero-order chi connectivity index (χ0) is 15.1. The monoisotopic (exact) mass is 304 g/mol. The zero-order valence-electron chi connectivity index (χ0n) is 11.4. The summed E-state index contributed by atoms with van der Waals surface area (Å²) in [4.78, 5) is 13.4. The molecule has 0 saturated heterocycles. The third-order valence-corrected chi connectivity index (χ3v) is 2.81. The third-order valence-electron chi connectivity index (χ3n) is 2.50. The van der Waals surface area contributed by atoms with Gasteiger partial charge in [0, 0.05) is 13.7 Å². The van der Waals surface area contributed by atoms with Gasteiger partial charge in [-0.1, -0.05) is 11.6 Å². The molecule has 1 aromatic rings. The Labute approximate surface area is 122 Å². The first-order chi connectivity index (χ1) is 9.42. The molecule has 2 N–H and O–H groups in total. The number of nitrogens with zero attached hydrogens (tertiary/aromatic N) is 1. The Balaban J connectivity index is 2.46. The van der Waals surface area contributed by atoms with Crippen molar-refractivity contribution in [2.45, 2.75) is 6.10 Å². The second-order valence-corrected chi connectivity index (χ2v) is 4.89. The lowest BCUT2D eigenvalue weighted by molar-refractivity contribution is -0.117. The van der Waals surface area contributed by atoms with Gasteiger partial charge < -0.3 is 15.2 Å². The predicted molar refractivity (Wildman–Crippen MR) is 75.4 cm³/mol. The number of aliphatic hydroxyl groups is 1. The highest BCUT2D eigenvalue weighted by atomic mass is 35.5. The van der Waals surface area contributed by atoms with E-state index in [9.17, 15) is 14.3 Å². The van der Waals surface area contributed by atoms with Crippen molar-refractivity contribution in [3.05, 3.63) is 29.0 Å². The molecule has 0 aromatic heterocycles. The largest absolute Gasteiger partial charge is 0.389 e. The smallest absolute Gasteiger partial charge is 0.238 e. The van der Waals surface area contributed by atoms with Gasteiger partial charge in [-0.15, -0.1) is 0 Å². The van der Waals surface area contributed by atoms with Gasteiger partial charge in [-0.25, -0.2) is 4.39 Å². The van der Waals surface area contributed by atoms with Crippen LogP contribution in [0.4, 0.5) is 10.1 Å². The first kappa shape index (κ1) is 16.8. The number of hydrogen-bond donors (Lipinski definition) is 2. The molecule has 112 valence electrons. The predicted octanol–water partition coefficient (Wildman–Crippen LogP) is 1.36. The molecule has 7 heteroatoms. The second-order valence-electron chi connectivity index (χ2n) is 4.48. The van der Waals surface area contributed by atoms with Crippen molar-refractivity contribution in [3.63, 3.8) is 0 Å². The quantitative estimate of drug-likeness (QED) is 0.798. The van der Waals surface area contributed by atoms with E-state index in [1.807, 2.05) is 0 Å². The Morgan fingerprint density at radius 2 is 2.30 bits per heavy atom. The Hall–Kier alpha value is -1.21. The summed E-state index contributed by atoms with van der Waals surface area (Å²) in [7, 11) is 3.19. The maximum Gasteiger partial charge on any atom is 0.238 e. The number of rotatable bonds is 7. The molecule has 0 spiro atoms. The van der Waals surface area contributed by atoms with Crippen LogP contribution in [0, 0.1) is 5.82 Å². The van der Waals surface area contributed by atoms with Gasteiger partial charge in [0.2, 0.25) is 5.91 Å². The number of benzene rings is 1. The zero-order valence-corrected chi connectivity index (χ0v) is 12.2. The molecule has 0 heterocycles. The van der Waals surface area contributed by atoms with E-state index in [0.29, 0.717) is 12.2 Å². The highest BCUT2D eigenvalue weighted by Crippen LogP contribution is 2.22. The van der Waals surface area contributed by atoms with Gasteiger partial charge in [0.1, 0.15) is 5.82 Å². The van der Waals surface area contributed by atoms with E-state index in [2.05, 4.69) is 5.32 Å². The Kier molecular flexibility index (Phi) is 6.87. The van der Waals surface area contributed by atoms with Gasteiger partial charge in [-0.05, 0) is 25.2 Å². The molecule has 0 fully saturated rings. The molecular formula is C13H18ClFN2O3. The van der Waals surface area contributed by atoms with E-state index in [0.717, 1.165) is 6.07 Å². The summed E-state index contributed by atoms with van der Waals surface area (Å²) in [6, 6.07) is 3.74. The fourth-order valence-corrected chi connectivity index (χ4v) is 1.91. The molecule has 0 radical (unpaired) electrons. The highest BCUT2D eigenvalue weighted by Gasteiger charge is 2.12. The lowest BCUT2D eigenvalue weighted by Crippen LogP contribution is -2.37. The van der Waals surface area contributed by atoms with Crippen LogP contribution < -0.4 is 5.32 Å². The summed E-state index contributed by atoms with van der Waals surface area (Å²) in [6.07, 6.45) is -0.660. The average molecular weight is 305 g/mol. The number of aliphatic hydroxyl groups excluding tert-OH is 1. The normalized spacial score (nSPS) is 12.5. The number of methoxy groups -OCH3 is 1. The van der Waals surface area contributed by atoms with Crippen molar-refractivity contribution in [3.8, 4) is 0 Å². The molecular weight excluding hydrogens is 287 g/mol. The van der Waals surface area contributed by atoms with E-state index in [4.69, 9.17) is 16.3 Å². The number of anilines is 1.